The number of hydrogen-bond donors (Lipinski definition) is 4. The van der Waals surface area contributed by atoms with Crippen LogP contribution in [0.3, 0.4) is 0 Å². The number of para-hydroxylation sites is 1. The maximum atomic E-state index is 14.1. The molecule has 4 aromatic rings. The van der Waals surface area contributed by atoms with E-state index in [0.717, 1.165) is 33.6 Å². The van der Waals surface area contributed by atoms with Crippen LogP contribution in [0.25, 0.3) is 11.6 Å². The summed E-state index contributed by atoms with van der Waals surface area (Å²) in [5.41, 5.74) is 6.65. The van der Waals surface area contributed by atoms with Crippen LogP contribution >= 0.6 is 22.6 Å². The van der Waals surface area contributed by atoms with Crippen LogP contribution in [0, 0.1) is 27.2 Å². The first-order valence-electron chi connectivity index (χ1n) is 17.2. The fraction of sp³-hybridized carbons (Fsp3) is 0.286. The third-order valence-corrected chi connectivity index (χ3v) is 10.8. The molecule has 2 amide bonds. The van der Waals surface area contributed by atoms with Crippen molar-refractivity contribution in [3.63, 3.8) is 0 Å². The van der Waals surface area contributed by atoms with Crippen molar-refractivity contribution in [3.8, 4) is 11.5 Å². The van der Waals surface area contributed by atoms with Gasteiger partial charge in [-0.2, -0.15) is 0 Å². The van der Waals surface area contributed by atoms with Crippen molar-refractivity contribution in [3.05, 3.63) is 123 Å². The highest BCUT2D eigenvalue weighted by Crippen LogP contribution is 2.49. The molecule has 1 saturated heterocycles. The molecular weight excluding hydrogens is 755 g/mol. The van der Waals surface area contributed by atoms with E-state index in [1.165, 1.54) is 12.0 Å². The quantitative estimate of drug-likeness (QED) is 0.0494. The fourth-order valence-electron chi connectivity index (χ4n) is 7.51. The fourth-order valence-corrected chi connectivity index (χ4v) is 8.14. The Hall–Kier alpha value is -4.45. The lowest BCUT2D eigenvalue weighted by atomic mass is 9.66. The summed E-state index contributed by atoms with van der Waals surface area (Å²) in [4.78, 5) is 29.4. The summed E-state index contributed by atoms with van der Waals surface area (Å²) in [6.45, 7) is 3.70. The highest BCUT2D eigenvalue weighted by molar-refractivity contribution is 14.1. The summed E-state index contributed by atoms with van der Waals surface area (Å²) in [7, 11) is 1.52. The SMILES string of the molecule is COc1cc(/C=C(/CC[C@@H](O)C2=C(C(C)C)C[C@H]3C(=O)N(c4ccc(Nc5ccccc5)cc4)C(=O)[C@H]3[C@H]2CO)c2ccccc2)cc(I)c1O. The average molecular weight is 799 g/mol. The Morgan fingerprint density at radius 3 is 2.24 bits per heavy atom. The molecule has 0 spiro atoms. The van der Waals surface area contributed by atoms with Crippen molar-refractivity contribution in [1.29, 1.82) is 0 Å². The second-order valence-electron chi connectivity index (χ2n) is 13.5. The van der Waals surface area contributed by atoms with Gasteiger partial charge in [-0.15, -0.1) is 0 Å². The van der Waals surface area contributed by atoms with Gasteiger partial charge in [0.05, 0.1) is 40.9 Å². The number of aliphatic hydroxyl groups is 2. The number of carbonyl (C=O) groups is 2. The van der Waals surface area contributed by atoms with Gasteiger partial charge in [0.25, 0.3) is 0 Å². The molecule has 0 unspecified atom stereocenters. The molecule has 2 aliphatic rings. The number of aliphatic hydroxyl groups excluding tert-OH is 2. The van der Waals surface area contributed by atoms with E-state index in [0.29, 0.717) is 39.8 Å². The van der Waals surface area contributed by atoms with Gasteiger partial charge in [-0.3, -0.25) is 14.5 Å². The van der Waals surface area contributed by atoms with E-state index in [4.69, 9.17) is 4.74 Å². The Morgan fingerprint density at radius 2 is 1.61 bits per heavy atom. The first-order valence-corrected chi connectivity index (χ1v) is 18.3. The van der Waals surface area contributed by atoms with E-state index >= 15 is 0 Å². The van der Waals surface area contributed by atoms with Gasteiger partial charge in [0.15, 0.2) is 11.5 Å². The molecule has 0 saturated carbocycles. The second kappa shape index (κ2) is 15.8. The first-order chi connectivity index (χ1) is 24.6. The molecule has 1 fully saturated rings. The zero-order valence-corrected chi connectivity index (χ0v) is 31.1. The third kappa shape index (κ3) is 7.61. The summed E-state index contributed by atoms with van der Waals surface area (Å²) < 4.78 is 6.05. The van der Waals surface area contributed by atoms with Crippen molar-refractivity contribution in [2.45, 2.75) is 39.2 Å². The van der Waals surface area contributed by atoms with Crippen molar-refractivity contribution in [1.82, 2.24) is 0 Å². The molecule has 4 N–H and O–H groups in total. The van der Waals surface area contributed by atoms with Gasteiger partial charge in [-0.1, -0.05) is 74.0 Å². The number of amides is 2. The molecule has 6 rings (SSSR count). The van der Waals surface area contributed by atoms with Crippen molar-refractivity contribution < 1.29 is 29.6 Å². The number of nitrogens with one attached hydrogen (secondary N) is 1. The number of carbonyl (C=O) groups excluding carboxylic acids is 2. The minimum atomic E-state index is -0.942. The number of phenolic OH excluding ortho intramolecular Hbond substituents is 1. The van der Waals surface area contributed by atoms with Gasteiger partial charge in [-0.05, 0) is 119 Å². The van der Waals surface area contributed by atoms with Crippen LogP contribution < -0.4 is 15.0 Å². The van der Waals surface area contributed by atoms with Gasteiger partial charge in [0, 0.05) is 17.3 Å². The predicted molar refractivity (Wildman–Crippen MR) is 210 cm³/mol. The number of anilines is 3. The molecule has 51 heavy (non-hydrogen) atoms. The standard InChI is InChI=1S/C42H43IN2O6/c1-25(2)32-23-33-39(42(50)45(41(33)49)31-17-15-30(16-18-31)44-29-12-8-5-9-13-29)34(24-46)38(32)36(47)19-14-28(27-10-6-4-7-11-27)20-26-21-35(43)40(48)37(22-26)51-3/h4-13,15-18,20-22,25,33-34,36,39,44,46-48H,14,19,23-24H2,1-3H3/b28-20-/t33-,34+,36-,39-/m1/s1. The predicted octanol–water partition coefficient (Wildman–Crippen LogP) is 8.20. The molecule has 264 valence electrons. The number of imide groups is 1. The van der Waals surface area contributed by atoms with E-state index in [1.807, 2.05) is 98.8 Å². The Balaban J connectivity index is 1.26. The van der Waals surface area contributed by atoms with Crippen LogP contribution in [0.5, 0.6) is 11.5 Å². The van der Waals surface area contributed by atoms with Gasteiger partial charge in [0.2, 0.25) is 11.8 Å². The molecule has 1 aliphatic carbocycles. The number of fused-ring (bicyclic) bond motifs is 1. The maximum Gasteiger partial charge on any atom is 0.238 e. The number of halogens is 1. The van der Waals surface area contributed by atoms with Gasteiger partial charge >= 0.3 is 0 Å². The van der Waals surface area contributed by atoms with E-state index in [1.54, 1.807) is 18.2 Å². The van der Waals surface area contributed by atoms with Gasteiger partial charge in [-0.25, -0.2) is 0 Å². The van der Waals surface area contributed by atoms with E-state index in [-0.39, 0.29) is 30.1 Å². The number of benzene rings is 4. The Morgan fingerprint density at radius 1 is 0.961 bits per heavy atom. The van der Waals surface area contributed by atoms with Crippen molar-refractivity contribution in [2.24, 2.45) is 23.7 Å². The van der Waals surface area contributed by atoms with Crippen LogP contribution in [0.15, 0.2) is 108 Å². The number of phenols is 1. The van der Waals surface area contributed by atoms with Gasteiger partial charge < -0.3 is 25.4 Å². The van der Waals surface area contributed by atoms with E-state index < -0.39 is 23.9 Å². The molecule has 1 heterocycles. The highest BCUT2D eigenvalue weighted by atomic mass is 127. The maximum absolute atomic E-state index is 14.1. The van der Waals surface area contributed by atoms with Gasteiger partial charge in [0.1, 0.15) is 0 Å². The molecule has 1 aliphatic heterocycles. The number of aromatic hydroxyl groups is 1. The summed E-state index contributed by atoms with van der Waals surface area (Å²) in [6.07, 6.45) is 2.28. The number of rotatable bonds is 12. The number of methoxy groups -OCH3 is 1. The number of nitrogens with zero attached hydrogens (tertiary/aromatic N) is 1. The lowest BCUT2D eigenvalue weighted by molar-refractivity contribution is -0.123. The molecular formula is C42H43IN2O6. The molecule has 0 aromatic heterocycles. The highest BCUT2D eigenvalue weighted by Gasteiger charge is 2.55. The second-order valence-corrected chi connectivity index (χ2v) is 14.6. The summed E-state index contributed by atoms with van der Waals surface area (Å²) in [5.74, 6) is -2.23. The largest absolute Gasteiger partial charge is 0.504 e. The molecule has 4 aromatic carbocycles. The summed E-state index contributed by atoms with van der Waals surface area (Å²) >= 11 is 2.07. The van der Waals surface area contributed by atoms with Crippen LogP contribution in [0.1, 0.15) is 44.2 Å². The van der Waals surface area contributed by atoms with Crippen LogP contribution in [0.2, 0.25) is 0 Å². The third-order valence-electron chi connectivity index (χ3n) is 10.0. The minimum absolute atomic E-state index is 0.000573. The monoisotopic (exact) mass is 798 g/mol. The lowest BCUT2D eigenvalue weighted by Crippen LogP contribution is -2.39. The Kier molecular flexibility index (Phi) is 11.3. The van der Waals surface area contributed by atoms with Crippen LogP contribution in [-0.4, -0.2) is 47.0 Å². The molecule has 4 atom stereocenters. The zero-order chi connectivity index (χ0) is 36.2. The van der Waals surface area contributed by atoms with Crippen molar-refractivity contribution >= 4 is 63.1 Å². The molecule has 8 nitrogen and oxygen atoms in total. The number of allylic oxidation sites excluding steroid dienone is 2. The molecule has 9 heteroatoms. The topological polar surface area (TPSA) is 119 Å². The first kappa shape index (κ1) is 36.3. The number of hydrogen-bond acceptors (Lipinski definition) is 7. The number of ether oxygens (including phenoxy) is 1. The van der Waals surface area contributed by atoms with Crippen LogP contribution in [-0.2, 0) is 9.59 Å². The van der Waals surface area contributed by atoms with Crippen molar-refractivity contribution in [2.75, 3.05) is 23.9 Å². The summed E-state index contributed by atoms with van der Waals surface area (Å²) in [6, 6.07) is 30.5. The van der Waals surface area contributed by atoms with E-state index in [2.05, 4.69) is 27.9 Å². The average Bonchev–Trinajstić information content (AvgIpc) is 3.39. The van der Waals surface area contributed by atoms with E-state index in [9.17, 15) is 24.9 Å². The Labute approximate surface area is 312 Å². The Bertz CT molecular complexity index is 1940. The normalized spacial score (nSPS) is 19.8. The molecule has 0 radical (unpaired) electrons. The smallest absolute Gasteiger partial charge is 0.238 e. The minimum Gasteiger partial charge on any atom is -0.504 e. The zero-order valence-electron chi connectivity index (χ0n) is 28.9. The molecule has 0 bridgehead atoms. The summed E-state index contributed by atoms with van der Waals surface area (Å²) in [5, 5.41) is 36.5. The lowest BCUT2D eigenvalue weighted by Gasteiger charge is -2.38. The van der Waals surface area contributed by atoms with Crippen LogP contribution in [0.4, 0.5) is 17.1 Å².